The van der Waals surface area contributed by atoms with Crippen LogP contribution in [-0.4, -0.2) is 31.0 Å². The minimum atomic E-state index is 0.0166. The average Bonchev–Trinajstić information content (AvgIpc) is 2.41. The predicted molar refractivity (Wildman–Crippen MR) is 76.3 cm³/mol. The third kappa shape index (κ3) is 2.83. The quantitative estimate of drug-likeness (QED) is 0.833. The van der Waals surface area contributed by atoms with E-state index in [0.29, 0.717) is 28.8 Å². The van der Waals surface area contributed by atoms with Gasteiger partial charge in [-0.1, -0.05) is 13.8 Å². The van der Waals surface area contributed by atoms with Gasteiger partial charge in [-0.3, -0.25) is 4.79 Å². The Kier molecular flexibility index (Phi) is 3.98. The Labute approximate surface area is 114 Å². The SMILES string of the molecule is COc1ccc(N)cc1C(=O)N1CCC(C)C(C)C1. The van der Waals surface area contributed by atoms with Crippen LogP contribution in [-0.2, 0) is 0 Å². The zero-order valence-electron chi connectivity index (χ0n) is 11.8. The summed E-state index contributed by atoms with van der Waals surface area (Å²) >= 11 is 0. The summed E-state index contributed by atoms with van der Waals surface area (Å²) in [6.45, 7) is 6.05. The van der Waals surface area contributed by atoms with Gasteiger partial charge in [0.05, 0.1) is 12.7 Å². The van der Waals surface area contributed by atoms with Crippen LogP contribution < -0.4 is 10.5 Å². The molecule has 0 aliphatic carbocycles. The summed E-state index contributed by atoms with van der Waals surface area (Å²) < 4.78 is 5.26. The molecule has 1 aliphatic heterocycles. The van der Waals surface area contributed by atoms with Crippen LogP contribution in [0.25, 0.3) is 0 Å². The summed E-state index contributed by atoms with van der Waals surface area (Å²) in [7, 11) is 1.57. The standard InChI is InChI=1S/C15H22N2O2/c1-10-6-7-17(9-11(10)2)15(18)13-8-12(16)4-5-14(13)19-3/h4-5,8,10-11H,6-7,9,16H2,1-3H3. The molecule has 1 saturated heterocycles. The van der Waals surface area contributed by atoms with Gasteiger partial charge in [0, 0.05) is 18.8 Å². The van der Waals surface area contributed by atoms with E-state index >= 15 is 0 Å². The van der Waals surface area contributed by atoms with Crippen LogP contribution in [0.5, 0.6) is 5.75 Å². The molecule has 1 aliphatic rings. The summed E-state index contributed by atoms with van der Waals surface area (Å²) in [4.78, 5) is 14.5. The van der Waals surface area contributed by atoms with Gasteiger partial charge in [-0.2, -0.15) is 0 Å². The van der Waals surface area contributed by atoms with Crippen molar-refractivity contribution in [3.8, 4) is 5.75 Å². The van der Waals surface area contributed by atoms with Crippen molar-refractivity contribution < 1.29 is 9.53 Å². The number of anilines is 1. The second-order valence-corrected chi connectivity index (χ2v) is 5.45. The van der Waals surface area contributed by atoms with E-state index in [-0.39, 0.29) is 5.91 Å². The van der Waals surface area contributed by atoms with E-state index in [1.165, 1.54) is 0 Å². The fraction of sp³-hybridized carbons (Fsp3) is 0.533. The molecule has 2 atom stereocenters. The minimum Gasteiger partial charge on any atom is -0.496 e. The number of benzene rings is 1. The fourth-order valence-corrected chi connectivity index (χ4v) is 2.51. The Hall–Kier alpha value is -1.71. The molecule has 1 aromatic rings. The van der Waals surface area contributed by atoms with Gasteiger partial charge in [0.2, 0.25) is 0 Å². The van der Waals surface area contributed by atoms with Gasteiger partial charge >= 0.3 is 0 Å². The number of likely N-dealkylation sites (tertiary alicyclic amines) is 1. The molecule has 0 spiro atoms. The van der Waals surface area contributed by atoms with Gasteiger partial charge in [-0.25, -0.2) is 0 Å². The third-order valence-electron chi connectivity index (χ3n) is 4.08. The van der Waals surface area contributed by atoms with Gasteiger partial charge in [0.1, 0.15) is 5.75 Å². The highest BCUT2D eigenvalue weighted by Crippen LogP contribution is 2.27. The molecule has 0 radical (unpaired) electrons. The summed E-state index contributed by atoms with van der Waals surface area (Å²) in [6, 6.07) is 5.19. The molecule has 104 valence electrons. The number of hydrogen-bond acceptors (Lipinski definition) is 3. The molecule has 2 N–H and O–H groups in total. The maximum Gasteiger partial charge on any atom is 0.257 e. The Morgan fingerprint density at radius 2 is 2.11 bits per heavy atom. The molecular formula is C15H22N2O2. The number of nitrogens with two attached hydrogens (primary N) is 1. The van der Waals surface area contributed by atoms with E-state index in [2.05, 4.69) is 13.8 Å². The average molecular weight is 262 g/mol. The summed E-state index contributed by atoms with van der Waals surface area (Å²) in [5, 5.41) is 0. The van der Waals surface area contributed by atoms with Crippen molar-refractivity contribution in [3.05, 3.63) is 23.8 Å². The molecule has 4 heteroatoms. The molecule has 1 amide bonds. The predicted octanol–water partition coefficient (Wildman–Crippen LogP) is 2.40. The van der Waals surface area contributed by atoms with Gasteiger partial charge in [0.25, 0.3) is 5.91 Å². The number of carbonyl (C=O) groups excluding carboxylic acids is 1. The van der Waals surface area contributed by atoms with Crippen molar-refractivity contribution in [1.29, 1.82) is 0 Å². The smallest absolute Gasteiger partial charge is 0.257 e. The number of nitrogens with zero attached hydrogens (tertiary/aromatic N) is 1. The fourth-order valence-electron chi connectivity index (χ4n) is 2.51. The maximum absolute atomic E-state index is 12.6. The van der Waals surface area contributed by atoms with Crippen molar-refractivity contribution in [3.63, 3.8) is 0 Å². The number of piperidine rings is 1. The first-order valence-corrected chi connectivity index (χ1v) is 6.75. The second-order valence-electron chi connectivity index (χ2n) is 5.45. The van der Waals surface area contributed by atoms with Crippen LogP contribution >= 0.6 is 0 Å². The number of rotatable bonds is 2. The molecule has 2 rings (SSSR count). The van der Waals surface area contributed by atoms with Gasteiger partial charge < -0.3 is 15.4 Å². The van der Waals surface area contributed by atoms with Crippen LogP contribution in [0.3, 0.4) is 0 Å². The molecule has 0 saturated carbocycles. The lowest BCUT2D eigenvalue weighted by atomic mass is 9.88. The van der Waals surface area contributed by atoms with Crippen molar-refractivity contribution in [2.75, 3.05) is 25.9 Å². The number of nitrogen functional groups attached to an aromatic ring is 1. The number of ether oxygens (including phenoxy) is 1. The van der Waals surface area contributed by atoms with Crippen molar-refractivity contribution >= 4 is 11.6 Å². The van der Waals surface area contributed by atoms with Crippen LogP contribution in [0.1, 0.15) is 30.6 Å². The lowest BCUT2D eigenvalue weighted by Crippen LogP contribution is -2.42. The first-order chi connectivity index (χ1) is 9.02. The monoisotopic (exact) mass is 262 g/mol. The largest absolute Gasteiger partial charge is 0.496 e. The van der Waals surface area contributed by atoms with Crippen LogP contribution in [0, 0.1) is 11.8 Å². The lowest BCUT2D eigenvalue weighted by Gasteiger charge is -2.35. The Morgan fingerprint density at radius 1 is 1.37 bits per heavy atom. The summed E-state index contributed by atoms with van der Waals surface area (Å²) in [6.07, 6.45) is 1.05. The normalized spacial score (nSPS) is 23.2. The van der Waals surface area contributed by atoms with Crippen molar-refractivity contribution in [2.45, 2.75) is 20.3 Å². The third-order valence-corrected chi connectivity index (χ3v) is 4.08. The molecule has 2 unspecified atom stereocenters. The Morgan fingerprint density at radius 3 is 2.74 bits per heavy atom. The van der Waals surface area contributed by atoms with Gasteiger partial charge in [-0.15, -0.1) is 0 Å². The van der Waals surface area contributed by atoms with Gasteiger partial charge in [-0.05, 0) is 36.5 Å². The van der Waals surface area contributed by atoms with E-state index in [0.717, 1.165) is 19.5 Å². The zero-order valence-corrected chi connectivity index (χ0v) is 11.8. The van der Waals surface area contributed by atoms with E-state index in [4.69, 9.17) is 10.5 Å². The zero-order chi connectivity index (χ0) is 14.0. The number of amides is 1. The highest BCUT2D eigenvalue weighted by atomic mass is 16.5. The van der Waals surface area contributed by atoms with E-state index in [9.17, 15) is 4.79 Å². The molecule has 0 bridgehead atoms. The molecule has 0 aromatic heterocycles. The Balaban J connectivity index is 2.22. The van der Waals surface area contributed by atoms with Crippen molar-refractivity contribution in [2.24, 2.45) is 11.8 Å². The lowest BCUT2D eigenvalue weighted by molar-refractivity contribution is 0.0624. The second kappa shape index (κ2) is 5.51. The van der Waals surface area contributed by atoms with E-state index in [1.54, 1.807) is 25.3 Å². The summed E-state index contributed by atoms with van der Waals surface area (Å²) in [5.74, 6) is 1.81. The van der Waals surface area contributed by atoms with E-state index < -0.39 is 0 Å². The molecule has 1 aromatic carbocycles. The highest BCUT2D eigenvalue weighted by molar-refractivity contribution is 5.97. The first kappa shape index (κ1) is 13.7. The van der Waals surface area contributed by atoms with Crippen molar-refractivity contribution in [1.82, 2.24) is 4.90 Å². The number of carbonyl (C=O) groups is 1. The number of hydrogen-bond donors (Lipinski definition) is 1. The number of methoxy groups -OCH3 is 1. The van der Waals surface area contributed by atoms with Gasteiger partial charge in [0.15, 0.2) is 0 Å². The minimum absolute atomic E-state index is 0.0166. The Bertz CT molecular complexity index is 473. The topological polar surface area (TPSA) is 55.6 Å². The molecule has 19 heavy (non-hydrogen) atoms. The van der Waals surface area contributed by atoms with Crippen LogP contribution in [0.2, 0.25) is 0 Å². The highest BCUT2D eigenvalue weighted by Gasteiger charge is 2.27. The molecule has 1 heterocycles. The molecule has 4 nitrogen and oxygen atoms in total. The van der Waals surface area contributed by atoms with Crippen LogP contribution in [0.4, 0.5) is 5.69 Å². The van der Waals surface area contributed by atoms with E-state index in [1.807, 2.05) is 4.90 Å². The molecule has 1 fully saturated rings. The first-order valence-electron chi connectivity index (χ1n) is 6.75. The summed E-state index contributed by atoms with van der Waals surface area (Å²) in [5.41, 5.74) is 6.92. The maximum atomic E-state index is 12.6. The molecular weight excluding hydrogens is 240 g/mol. The van der Waals surface area contributed by atoms with Crippen LogP contribution in [0.15, 0.2) is 18.2 Å².